The Balaban J connectivity index is 1.69. The number of rotatable bonds is 2. The maximum Gasteiger partial charge on any atom is 0.344 e. The van der Waals surface area contributed by atoms with Crippen LogP contribution in [0.25, 0.3) is 60.4 Å². The summed E-state index contributed by atoms with van der Waals surface area (Å²) in [7, 11) is 0. The molecule has 0 aliphatic heterocycles. The van der Waals surface area contributed by atoms with Crippen molar-refractivity contribution in [2.24, 2.45) is 0 Å². The van der Waals surface area contributed by atoms with Crippen LogP contribution in [0.4, 0.5) is 0 Å². The van der Waals surface area contributed by atoms with Crippen LogP contribution in [-0.2, 0) is 0 Å². The minimum atomic E-state index is -0.316. The summed E-state index contributed by atoms with van der Waals surface area (Å²) in [6, 6.07) is 37.0. The molecule has 0 aliphatic carbocycles. The molecule has 0 N–H and O–H groups in total. The van der Waals surface area contributed by atoms with Crippen LogP contribution in [0.5, 0.6) is 0 Å². The van der Waals surface area contributed by atoms with Crippen molar-refractivity contribution in [1.29, 1.82) is 0 Å². The Labute approximate surface area is 209 Å². The van der Waals surface area contributed by atoms with Gasteiger partial charge in [0.1, 0.15) is 5.58 Å². The molecule has 7 rings (SSSR count). The maximum absolute atomic E-state index is 12.7. The lowest BCUT2D eigenvalue weighted by molar-refractivity contribution is 0.570. The Morgan fingerprint density at radius 2 is 1.40 bits per heavy atom. The van der Waals surface area contributed by atoms with Gasteiger partial charge in [0.05, 0.1) is 21.8 Å². The topological polar surface area (TPSA) is 35.1 Å². The van der Waals surface area contributed by atoms with E-state index in [0.717, 1.165) is 48.3 Å². The van der Waals surface area contributed by atoms with E-state index in [4.69, 9.17) is 4.42 Å². The van der Waals surface area contributed by atoms with Crippen LogP contribution in [-0.4, -0.2) is 4.57 Å². The van der Waals surface area contributed by atoms with E-state index in [2.05, 4.69) is 93.3 Å². The van der Waals surface area contributed by atoms with Gasteiger partial charge in [-0.3, -0.25) is 0 Å². The first-order chi connectivity index (χ1) is 17.2. The highest BCUT2D eigenvalue weighted by molar-refractivity contribution is 9.10. The van der Waals surface area contributed by atoms with Crippen LogP contribution < -0.4 is 5.63 Å². The Kier molecular flexibility index (Phi) is 4.45. The fraction of sp³-hybridized carbons (Fsp3) is 0. The molecule has 166 valence electrons. The molecule has 0 radical (unpaired) electrons. The number of nitrogens with zero attached hydrogens (tertiary/aromatic N) is 1. The number of hydrogen-bond donors (Lipinski definition) is 0. The summed E-state index contributed by atoms with van der Waals surface area (Å²) in [5, 5.41) is 4.67. The van der Waals surface area contributed by atoms with E-state index < -0.39 is 0 Å². The minimum Gasteiger partial charge on any atom is -0.422 e. The fourth-order valence-electron chi connectivity index (χ4n) is 5.16. The lowest BCUT2D eigenvalue weighted by atomic mass is 10.0. The molecule has 2 aromatic heterocycles. The Morgan fingerprint density at radius 3 is 2.26 bits per heavy atom. The molecule has 2 heterocycles. The van der Waals surface area contributed by atoms with Gasteiger partial charge in [-0.2, -0.15) is 0 Å². The summed E-state index contributed by atoms with van der Waals surface area (Å²) in [5.41, 5.74) is 5.76. The normalized spacial score (nSPS) is 11.7. The fourth-order valence-corrected chi connectivity index (χ4v) is 5.53. The number of hydrogen-bond acceptors (Lipinski definition) is 2. The smallest absolute Gasteiger partial charge is 0.344 e. The molecule has 0 atom stereocenters. The quantitative estimate of drug-likeness (QED) is 0.171. The second kappa shape index (κ2) is 7.69. The number of halogens is 1. The van der Waals surface area contributed by atoms with Gasteiger partial charge in [0.15, 0.2) is 0 Å². The third-order valence-corrected chi connectivity index (χ3v) is 7.18. The van der Waals surface area contributed by atoms with Gasteiger partial charge < -0.3 is 8.98 Å². The molecule has 0 fully saturated rings. The van der Waals surface area contributed by atoms with E-state index >= 15 is 0 Å². The average molecular weight is 516 g/mol. The molecule has 0 saturated heterocycles. The van der Waals surface area contributed by atoms with Crippen molar-refractivity contribution < 1.29 is 4.42 Å². The third kappa shape index (κ3) is 3.07. The van der Waals surface area contributed by atoms with E-state index in [1.807, 2.05) is 36.4 Å². The van der Waals surface area contributed by atoms with Crippen molar-refractivity contribution in [3.05, 3.63) is 124 Å². The third-order valence-electron chi connectivity index (χ3n) is 6.68. The van der Waals surface area contributed by atoms with Crippen molar-refractivity contribution >= 4 is 59.5 Å². The molecule has 0 aliphatic rings. The number of fused-ring (bicyclic) bond motifs is 7. The van der Waals surface area contributed by atoms with Gasteiger partial charge in [-0.15, -0.1) is 0 Å². The van der Waals surface area contributed by atoms with E-state index in [1.165, 1.54) is 5.56 Å². The summed E-state index contributed by atoms with van der Waals surface area (Å²) in [6.45, 7) is 0. The molecule has 0 spiro atoms. The Bertz CT molecular complexity index is 1980. The predicted molar refractivity (Wildman–Crippen MR) is 147 cm³/mol. The van der Waals surface area contributed by atoms with E-state index in [-0.39, 0.29) is 5.63 Å². The first-order valence-electron chi connectivity index (χ1n) is 11.4. The minimum absolute atomic E-state index is 0.316. The molecular formula is C31H18BrNO2. The molecule has 3 nitrogen and oxygen atoms in total. The molecule has 5 aromatic carbocycles. The first kappa shape index (κ1) is 20.2. The van der Waals surface area contributed by atoms with Gasteiger partial charge in [0, 0.05) is 26.3 Å². The highest BCUT2D eigenvalue weighted by Gasteiger charge is 2.19. The zero-order valence-electron chi connectivity index (χ0n) is 18.5. The SMILES string of the molecule is O=c1oc2ccc3c4cc(Br)ccc4n(-c4cccc(-c5ccccc5)c4)c3c2c2ccccc12. The molecule has 0 unspecified atom stereocenters. The predicted octanol–water partition coefficient (Wildman–Crippen LogP) is 8.47. The number of benzene rings is 5. The van der Waals surface area contributed by atoms with Crippen LogP contribution in [0.2, 0.25) is 0 Å². The van der Waals surface area contributed by atoms with Gasteiger partial charge >= 0.3 is 5.63 Å². The molecule has 7 aromatic rings. The second-order valence-electron chi connectivity index (χ2n) is 8.68. The standard InChI is InChI=1S/C31H18BrNO2/c32-21-13-15-27-26(18-21)24-14-16-28-29(23-11-4-5-12-25(23)31(34)35-28)30(24)33(27)22-10-6-9-20(17-22)19-7-2-1-3-8-19/h1-18H. The summed E-state index contributed by atoms with van der Waals surface area (Å²) in [6.07, 6.45) is 0. The van der Waals surface area contributed by atoms with Crippen molar-refractivity contribution in [3.63, 3.8) is 0 Å². The highest BCUT2D eigenvalue weighted by Crippen LogP contribution is 2.40. The zero-order valence-corrected chi connectivity index (χ0v) is 20.1. The molecule has 0 bridgehead atoms. The van der Waals surface area contributed by atoms with Crippen molar-refractivity contribution in [2.45, 2.75) is 0 Å². The first-order valence-corrected chi connectivity index (χ1v) is 12.2. The van der Waals surface area contributed by atoms with Crippen LogP contribution >= 0.6 is 15.9 Å². The van der Waals surface area contributed by atoms with E-state index in [9.17, 15) is 4.79 Å². The van der Waals surface area contributed by atoms with Crippen molar-refractivity contribution in [1.82, 2.24) is 4.57 Å². The largest absolute Gasteiger partial charge is 0.422 e. The molecule has 4 heteroatoms. The summed E-state index contributed by atoms with van der Waals surface area (Å²) >= 11 is 3.66. The van der Waals surface area contributed by atoms with E-state index in [1.54, 1.807) is 0 Å². The maximum atomic E-state index is 12.7. The van der Waals surface area contributed by atoms with E-state index in [0.29, 0.717) is 11.0 Å². The van der Waals surface area contributed by atoms with Gasteiger partial charge in [-0.05, 0) is 59.7 Å². The second-order valence-corrected chi connectivity index (χ2v) is 9.60. The Hall–Kier alpha value is -4.15. The van der Waals surface area contributed by atoms with Gasteiger partial charge in [-0.25, -0.2) is 4.79 Å². The van der Waals surface area contributed by atoms with Gasteiger partial charge in [-0.1, -0.05) is 76.6 Å². The van der Waals surface area contributed by atoms with Gasteiger partial charge in [0.25, 0.3) is 0 Å². The monoisotopic (exact) mass is 515 g/mol. The van der Waals surface area contributed by atoms with Crippen LogP contribution in [0.3, 0.4) is 0 Å². The van der Waals surface area contributed by atoms with Crippen LogP contribution in [0.1, 0.15) is 0 Å². The zero-order chi connectivity index (χ0) is 23.5. The summed E-state index contributed by atoms with van der Waals surface area (Å²) in [5.74, 6) is 0. The van der Waals surface area contributed by atoms with Crippen LogP contribution in [0.15, 0.2) is 123 Å². The van der Waals surface area contributed by atoms with Crippen LogP contribution in [0, 0.1) is 0 Å². The lowest BCUT2D eigenvalue weighted by Crippen LogP contribution is -2.01. The molecule has 35 heavy (non-hydrogen) atoms. The number of aromatic nitrogens is 1. The van der Waals surface area contributed by atoms with Crippen molar-refractivity contribution in [3.8, 4) is 16.8 Å². The van der Waals surface area contributed by atoms with Crippen molar-refractivity contribution in [2.75, 3.05) is 0 Å². The molecule has 0 amide bonds. The average Bonchev–Trinajstić information content (AvgIpc) is 3.23. The summed E-state index contributed by atoms with van der Waals surface area (Å²) in [4.78, 5) is 12.7. The van der Waals surface area contributed by atoms with Gasteiger partial charge in [0.2, 0.25) is 0 Å². The lowest BCUT2D eigenvalue weighted by Gasteiger charge is -2.12. The molecular weight excluding hydrogens is 498 g/mol. The highest BCUT2D eigenvalue weighted by atomic mass is 79.9. The molecule has 0 saturated carbocycles. The Morgan fingerprint density at radius 1 is 0.629 bits per heavy atom. The summed E-state index contributed by atoms with van der Waals surface area (Å²) < 4.78 is 9.12.